The highest BCUT2D eigenvalue weighted by molar-refractivity contribution is 7.76. The SMILES string of the molecule is C=C(C)N(C(=C)C)S(=O)[O-]. The summed E-state index contributed by atoms with van der Waals surface area (Å²) in [6, 6.07) is 0. The minimum Gasteiger partial charge on any atom is -0.755 e. The Kier molecular flexibility index (Phi) is 3.32. The van der Waals surface area contributed by atoms with Gasteiger partial charge in [0.15, 0.2) is 0 Å². The van der Waals surface area contributed by atoms with Crippen LogP contribution in [-0.2, 0) is 11.3 Å². The van der Waals surface area contributed by atoms with Gasteiger partial charge < -0.3 is 4.55 Å². The Morgan fingerprint density at radius 2 is 1.70 bits per heavy atom. The average Bonchev–Trinajstić information content (AvgIpc) is 1.59. The van der Waals surface area contributed by atoms with Crippen LogP contribution in [0.25, 0.3) is 0 Å². The number of rotatable bonds is 3. The second-order valence-electron chi connectivity index (χ2n) is 1.98. The molecule has 0 aromatic carbocycles. The molecule has 4 heteroatoms. The third-order valence-electron chi connectivity index (χ3n) is 0.842. The van der Waals surface area contributed by atoms with Crippen molar-refractivity contribution in [1.82, 2.24) is 4.31 Å². The molecule has 0 amide bonds. The minimum atomic E-state index is -2.28. The fraction of sp³-hybridized carbons (Fsp3) is 0.333. The zero-order valence-corrected chi connectivity index (χ0v) is 6.90. The smallest absolute Gasteiger partial charge is 0.0516 e. The second kappa shape index (κ2) is 3.53. The zero-order valence-electron chi connectivity index (χ0n) is 6.09. The molecule has 0 bridgehead atoms. The van der Waals surface area contributed by atoms with E-state index in [2.05, 4.69) is 13.2 Å². The third kappa shape index (κ3) is 2.33. The van der Waals surface area contributed by atoms with E-state index in [-0.39, 0.29) is 0 Å². The standard InChI is InChI=1S/C6H11NO2S/c1-5(2)7(6(3)4)10(8)9/h1,3H2,2,4H3,(H,8,9)/p-1. The molecular weight excluding hydrogens is 150 g/mol. The molecule has 0 aliphatic heterocycles. The fourth-order valence-corrected chi connectivity index (χ4v) is 1.09. The number of allylic oxidation sites excluding steroid dienone is 2. The first-order chi connectivity index (χ1) is 4.46. The van der Waals surface area contributed by atoms with Crippen LogP contribution in [0.3, 0.4) is 0 Å². The molecule has 58 valence electrons. The highest BCUT2D eigenvalue weighted by Gasteiger charge is 2.02. The van der Waals surface area contributed by atoms with Crippen LogP contribution in [-0.4, -0.2) is 13.1 Å². The van der Waals surface area contributed by atoms with E-state index >= 15 is 0 Å². The maximum atomic E-state index is 10.4. The molecule has 0 N–H and O–H groups in total. The molecule has 0 rings (SSSR count). The van der Waals surface area contributed by atoms with Gasteiger partial charge in [-0.2, -0.15) is 0 Å². The van der Waals surface area contributed by atoms with Gasteiger partial charge >= 0.3 is 0 Å². The first-order valence-corrected chi connectivity index (χ1v) is 3.70. The molecule has 3 nitrogen and oxygen atoms in total. The molecule has 0 aliphatic carbocycles. The lowest BCUT2D eigenvalue weighted by Crippen LogP contribution is -2.20. The highest BCUT2D eigenvalue weighted by atomic mass is 32.2. The highest BCUT2D eigenvalue weighted by Crippen LogP contribution is 2.09. The van der Waals surface area contributed by atoms with E-state index < -0.39 is 11.3 Å². The van der Waals surface area contributed by atoms with Crippen LogP contribution in [0.2, 0.25) is 0 Å². The van der Waals surface area contributed by atoms with Gasteiger partial charge in [-0.15, -0.1) is 0 Å². The van der Waals surface area contributed by atoms with Crippen LogP contribution in [0.5, 0.6) is 0 Å². The fourth-order valence-electron chi connectivity index (χ4n) is 0.580. The maximum absolute atomic E-state index is 10.4. The van der Waals surface area contributed by atoms with Gasteiger partial charge in [0.1, 0.15) is 0 Å². The van der Waals surface area contributed by atoms with E-state index in [1.54, 1.807) is 13.8 Å². The molecule has 0 saturated heterocycles. The lowest BCUT2D eigenvalue weighted by Gasteiger charge is -2.25. The van der Waals surface area contributed by atoms with Crippen molar-refractivity contribution in [2.45, 2.75) is 13.8 Å². The lowest BCUT2D eigenvalue weighted by molar-refractivity contribution is 0.478. The van der Waals surface area contributed by atoms with Crippen molar-refractivity contribution < 1.29 is 8.76 Å². The predicted molar refractivity (Wildman–Crippen MR) is 40.4 cm³/mol. The largest absolute Gasteiger partial charge is 0.755 e. The molecule has 0 aromatic heterocycles. The van der Waals surface area contributed by atoms with E-state index in [1.807, 2.05) is 0 Å². The third-order valence-corrected chi connectivity index (χ3v) is 1.76. The van der Waals surface area contributed by atoms with Gasteiger partial charge in [0.05, 0.1) is 11.3 Å². The normalized spacial score (nSPS) is 12.3. The van der Waals surface area contributed by atoms with Gasteiger partial charge in [0, 0.05) is 11.4 Å². The van der Waals surface area contributed by atoms with E-state index in [1.165, 1.54) is 0 Å². The van der Waals surface area contributed by atoms with Crippen LogP contribution < -0.4 is 0 Å². The summed E-state index contributed by atoms with van der Waals surface area (Å²) >= 11 is -2.28. The topological polar surface area (TPSA) is 43.4 Å². The number of hydrogen-bond donors (Lipinski definition) is 0. The predicted octanol–water partition coefficient (Wildman–Crippen LogP) is 1.15. The first kappa shape index (κ1) is 9.39. The molecule has 0 radical (unpaired) electrons. The Bertz CT molecular complexity index is 155. The summed E-state index contributed by atoms with van der Waals surface area (Å²) in [5, 5.41) is 0. The maximum Gasteiger partial charge on any atom is 0.0516 e. The molecule has 1 unspecified atom stereocenters. The summed E-state index contributed by atoms with van der Waals surface area (Å²) in [5.74, 6) is 0. The Labute approximate surface area is 63.5 Å². The van der Waals surface area contributed by atoms with Crippen molar-refractivity contribution in [1.29, 1.82) is 0 Å². The first-order valence-electron chi connectivity index (χ1n) is 2.67. The van der Waals surface area contributed by atoms with Crippen LogP contribution in [0.15, 0.2) is 24.6 Å². The van der Waals surface area contributed by atoms with Crippen molar-refractivity contribution in [2.24, 2.45) is 0 Å². The molecule has 0 spiro atoms. The van der Waals surface area contributed by atoms with E-state index in [0.29, 0.717) is 11.4 Å². The summed E-state index contributed by atoms with van der Waals surface area (Å²) in [4.78, 5) is 0. The van der Waals surface area contributed by atoms with Crippen LogP contribution >= 0.6 is 0 Å². The van der Waals surface area contributed by atoms with Gasteiger partial charge in [0.2, 0.25) is 0 Å². The summed E-state index contributed by atoms with van der Waals surface area (Å²) < 4.78 is 21.8. The zero-order chi connectivity index (χ0) is 8.31. The molecular formula is C6H10NO2S-. The van der Waals surface area contributed by atoms with E-state index in [0.717, 1.165) is 4.31 Å². The van der Waals surface area contributed by atoms with Gasteiger partial charge in [0.25, 0.3) is 0 Å². The van der Waals surface area contributed by atoms with Crippen molar-refractivity contribution in [3.05, 3.63) is 24.6 Å². The number of nitrogens with zero attached hydrogens (tertiary/aromatic N) is 1. The van der Waals surface area contributed by atoms with Crippen LogP contribution in [0.1, 0.15) is 13.8 Å². The molecule has 0 saturated carbocycles. The minimum absolute atomic E-state index is 0.445. The van der Waals surface area contributed by atoms with Crippen molar-refractivity contribution in [3.8, 4) is 0 Å². The average molecular weight is 160 g/mol. The van der Waals surface area contributed by atoms with Gasteiger partial charge in [-0.05, 0) is 13.8 Å². The monoisotopic (exact) mass is 160 g/mol. The molecule has 0 fully saturated rings. The lowest BCUT2D eigenvalue weighted by atomic mass is 10.5. The van der Waals surface area contributed by atoms with E-state index in [4.69, 9.17) is 0 Å². The Morgan fingerprint density at radius 3 is 1.70 bits per heavy atom. The van der Waals surface area contributed by atoms with Crippen molar-refractivity contribution in [3.63, 3.8) is 0 Å². The molecule has 0 aromatic rings. The van der Waals surface area contributed by atoms with E-state index in [9.17, 15) is 8.76 Å². The Balaban J connectivity index is 4.43. The second-order valence-corrected chi connectivity index (χ2v) is 2.78. The summed E-state index contributed by atoms with van der Waals surface area (Å²) in [5.41, 5.74) is 0.890. The van der Waals surface area contributed by atoms with Gasteiger partial charge in [-0.25, -0.2) is 0 Å². The van der Waals surface area contributed by atoms with Crippen LogP contribution in [0, 0.1) is 0 Å². The molecule has 0 heterocycles. The van der Waals surface area contributed by atoms with Crippen molar-refractivity contribution >= 4 is 11.3 Å². The molecule has 10 heavy (non-hydrogen) atoms. The molecule has 0 aliphatic rings. The summed E-state index contributed by atoms with van der Waals surface area (Å²) in [7, 11) is 0. The van der Waals surface area contributed by atoms with Gasteiger partial charge in [-0.1, -0.05) is 13.2 Å². The van der Waals surface area contributed by atoms with Crippen LogP contribution in [0.4, 0.5) is 0 Å². The molecule has 1 atom stereocenters. The Morgan fingerprint density at radius 1 is 1.40 bits per heavy atom. The number of hydrogen-bond acceptors (Lipinski definition) is 2. The summed E-state index contributed by atoms with van der Waals surface area (Å²) in [6.07, 6.45) is 0. The van der Waals surface area contributed by atoms with Gasteiger partial charge in [-0.3, -0.25) is 8.51 Å². The Hall–Kier alpha value is -0.610. The van der Waals surface area contributed by atoms with Crippen molar-refractivity contribution in [2.75, 3.05) is 0 Å². The summed E-state index contributed by atoms with van der Waals surface area (Å²) in [6.45, 7) is 10.1. The quantitative estimate of drug-likeness (QED) is 0.581.